The first-order valence-corrected chi connectivity index (χ1v) is 24.1. The van der Waals surface area contributed by atoms with Gasteiger partial charge in [0, 0.05) is 0 Å². The van der Waals surface area contributed by atoms with Crippen LogP contribution in [0.25, 0.3) is 0 Å². The zero-order chi connectivity index (χ0) is 22.4. The van der Waals surface area contributed by atoms with Gasteiger partial charge < -0.3 is 0 Å². The molecule has 0 unspecified atom stereocenters. The molecule has 0 aromatic heterocycles. The van der Waals surface area contributed by atoms with Crippen LogP contribution >= 0.6 is 19.4 Å². The van der Waals surface area contributed by atoms with Gasteiger partial charge in [0.05, 0.1) is 0 Å². The summed E-state index contributed by atoms with van der Waals surface area (Å²) in [6, 6.07) is 44.0. The number of hydrogen-bond acceptors (Lipinski definition) is 2. The number of hydrogen-bond donors (Lipinski definition) is 0. The van der Waals surface area contributed by atoms with Crippen molar-refractivity contribution in [2.45, 2.75) is 13.8 Å². The molecule has 0 amide bonds. The van der Waals surface area contributed by atoms with Crippen molar-refractivity contribution in [3.05, 3.63) is 121 Å². The van der Waals surface area contributed by atoms with Crippen molar-refractivity contribution < 1.29 is 0 Å². The van der Waals surface area contributed by atoms with E-state index in [1.807, 2.05) is 0 Å². The molecule has 0 radical (unpaired) electrons. The SMILES string of the molecule is CC[S][Ga]([c]1ccccc1)[c]1ccccc1.CC[S][Ga]([c]1ccccc1)[c]1ccccc1. The summed E-state index contributed by atoms with van der Waals surface area (Å²) in [5.41, 5.74) is 0. The summed E-state index contributed by atoms with van der Waals surface area (Å²) in [5.74, 6) is 2.43. The molecular formula is C28H30Ga2S2. The fourth-order valence-corrected chi connectivity index (χ4v) is 23.8. The van der Waals surface area contributed by atoms with Crippen molar-refractivity contribution in [3.8, 4) is 0 Å². The predicted molar refractivity (Wildman–Crippen MR) is 152 cm³/mol. The van der Waals surface area contributed by atoms with Gasteiger partial charge in [0.1, 0.15) is 0 Å². The fourth-order valence-electron chi connectivity index (χ4n) is 3.61. The molecule has 4 aromatic carbocycles. The molecule has 0 fully saturated rings. The van der Waals surface area contributed by atoms with Crippen LogP contribution in [0.3, 0.4) is 0 Å². The molecule has 160 valence electrons. The summed E-state index contributed by atoms with van der Waals surface area (Å²) in [4.78, 5) is 0. The van der Waals surface area contributed by atoms with E-state index in [4.69, 9.17) is 0 Å². The van der Waals surface area contributed by atoms with Crippen LogP contribution in [0, 0.1) is 0 Å². The molecule has 0 N–H and O–H groups in total. The van der Waals surface area contributed by atoms with Crippen molar-refractivity contribution in [2.75, 3.05) is 11.5 Å². The van der Waals surface area contributed by atoms with Crippen molar-refractivity contribution in [1.82, 2.24) is 0 Å². The van der Waals surface area contributed by atoms with Crippen LogP contribution in [-0.2, 0) is 0 Å². The molecule has 0 nitrogen and oxygen atoms in total. The molecule has 0 spiro atoms. The zero-order valence-electron chi connectivity index (χ0n) is 18.9. The molecule has 0 aliphatic carbocycles. The van der Waals surface area contributed by atoms with Crippen LogP contribution in [0.1, 0.15) is 13.8 Å². The average Bonchev–Trinajstić information content (AvgIpc) is 2.88. The van der Waals surface area contributed by atoms with E-state index >= 15 is 0 Å². The average molecular weight is 570 g/mol. The third-order valence-corrected chi connectivity index (χ3v) is 28.8. The summed E-state index contributed by atoms with van der Waals surface area (Å²) >= 11 is -3.12. The molecule has 32 heavy (non-hydrogen) atoms. The van der Waals surface area contributed by atoms with Gasteiger partial charge in [-0.2, -0.15) is 0 Å². The van der Waals surface area contributed by atoms with E-state index in [-0.39, 0.29) is 0 Å². The van der Waals surface area contributed by atoms with E-state index in [0.29, 0.717) is 0 Å². The maximum absolute atomic E-state index is 2.29. The van der Waals surface area contributed by atoms with Crippen molar-refractivity contribution in [1.29, 1.82) is 0 Å². The van der Waals surface area contributed by atoms with Gasteiger partial charge in [-0.15, -0.1) is 0 Å². The summed E-state index contributed by atoms with van der Waals surface area (Å²) in [6.07, 6.45) is 0. The molecular weight excluding hydrogens is 540 g/mol. The normalized spacial score (nSPS) is 10.1. The Hall–Kier alpha value is -1.15. The first-order chi connectivity index (χ1) is 15.8. The van der Waals surface area contributed by atoms with Gasteiger partial charge in [-0.25, -0.2) is 0 Å². The summed E-state index contributed by atoms with van der Waals surface area (Å²) in [7, 11) is 4.34. The quantitative estimate of drug-likeness (QED) is 0.271. The Morgan fingerprint density at radius 3 is 0.812 bits per heavy atom. The van der Waals surface area contributed by atoms with Gasteiger partial charge in [-0.05, 0) is 0 Å². The van der Waals surface area contributed by atoms with E-state index in [9.17, 15) is 0 Å². The number of rotatable bonds is 8. The van der Waals surface area contributed by atoms with E-state index in [0.717, 1.165) is 0 Å². The van der Waals surface area contributed by atoms with E-state index < -0.39 is 30.0 Å². The van der Waals surface area contributed by atoms with Gasteiger partial charge in [0.2, 0.25) is 0 Å². The van der Waals surface area contributed by atoms with E-state index in [2.05, 4.69) is 155 Å². The monoisotopic (exact) mass is 568 g/mol. The molecule has 0 aliphatic rings. The minimum atomic E-state index is -1.56. The molecule has 4 rings (SSSR count). The topological polar surface area (TPSA) is 0 Å². The third-order valence-electron chi connectivity index (χ3n) is 5.08. The van der Waals surface area contributed by atoms with Crippen LogP contribution in [0.2, 0.25) is 0 Å². The Kier molecular flexibility index (Phi) is 11.9. The van der Waals surface area contributed by atoms with E-state index in [1.165, 1.54) is 11.5 Å². The Labute approximate surface area is 210 Å². The van der Waals surface area contributed by atoms with Gasteiger partial charge in [0.25, 0.3) is 0 Å². The second-order valence-corrected chi connectivity index (χ2v) is 27.0. The molecule has 0 aliphatic heterocycles. The van der Waals surface area contributed by atoms with Crippen LogP contribution < -0.4 is 16.5 Å². The minimum absolute atomic E-state index is 1.22. The molecule has 0 saturated heterocycles. The van der Waals surface area contributed by atoms with Gasteiger partial charge in [-0.1, -0.05) is 0 Å². The van der Waals surface area contributed by atoms with Crippen LogP contribution in [0.5, 0.6) is 0 Å². The first-order valence-electron chi connectivity index (χ1n) is 11.3. The molecule has 4 heteroatoms. The van der Waals surface area contributed by atoms with Crippen LogP contribution in [-0.4, -0.2) is 41.5 Å². The first kappa shape index (κ1) is 25.5. The van der Waals surface area contributed by atoms with E-state index in [1.54, 1.807) is 16.5 Å². The summed E-state index contributed by atoms with van der Waals surface area (Å²) in [6.45, 7) is 4.52. The second-order valence-electron chi connectivity index (χ2n) is 7.31. The Balaban J connectivity index is 0.000000181. The Morgan fingerprint density at radius 1 is 0.406 bits per heavy atom. The summed E-state index contributed by atoms with van der Waals surface area (Å²) < 4.78 is 6.31. The van der Waals surface area contributed by atoms with Gasteiger partial charge in [-0.3, -0.25) is 0 Å². The van der Waals surface area contributed by atoms with Gasteiger partial charge in [0.15, 0.2) is 0 Å². The van der Waals surface area contributed by atoms with Crippen LogP contribution in [0.4, 0.5) is 0 Å². The van der Waals surface area contributed by atoms with Gasteiger partial charge >= 0.3 is 213 Å². The molecule has 0 saturated carbocycles. The second kappa shape index (κ2) is 14.9. The summed E-state index contributed by atoms with van der Waals surface area (Å²) in [5, 5.41) is 0. The predicted octanol–water partition coefficient (Wildman–Crippen LogP) is 5.09. The maximum atomic E-state index is 2.29. The third kappa shape index (κ3) is 8.01. The zero-order valence-corrected chi connectivity index (χ0v) is 25.4. The molecule has 0 heterocycles. The fraction of sp³-hybridized carbons (Fsp3) is 0.143. The van der Waals surface area contributed by atoms with Crippen molar-refractivity contribution >= 4 is 65.8 Å². The Bertz CT molecular complexity index is 833. The standard InChI is InChI=1S/4C6H5.2C2H6S.2Ga/c4*1-2-4-6-5-3-1;2*1-2-3;;/h4*1-5H;2*3H,2H2,1H3;;/q;;;;;;2*+1/p-2. The van der Waals surface area contributed by atoms with Crippen molar-refractivity contribution in [3.63, 3.8) is 0 Å². The molecule has 0 bridgehead atoms. The molecule has 4 aromatic rings. The Morgan fingerprint density at radius 2 is 0.625 bits per heavy atom. The number of benzene rings is 4. The van der Waals surface area contributed by atoms with Crippen molar-refractivity contribution in [2.24, 2.45) is 0 Å². The molecule has 0 atom stereocenters. The van der Waals surface area contributed by atoms with Crippen LogP contribution in [0.15, 0.2) is 121 Å².